The molecule has 3 nitrogen and oxygen atoms in total. The molecule has 0 radical (unpaired) electrons. The number of nitrogens with zero attached hydrogens (tertiary/aromatic N) is 1. The summed E-state index contributed by atoms with van der Waals surface area (Å²) in [4.78, 5) is 0. The lowest BCUT2D eigenvalue weighted by Gasteiger charge is -2.05. The summed E-state index contributed by atoms with van der Waals surface area (Å²) in [5.41, 5.74) is 3.80. The third kappa shape index (κ3) is 2.08. The van der Waals surface area contributed by atoms with Crippen LogP contribution in [0.25, 0.3) is 10.9 Å². The van der Waals surface area contributed by atoms with Crippen LogP contribution in [0.15, 0.2) is 12.1 Å². The molecule has 0 spiro atoms. The average Bonchev–Trinajstić information content (AvgIpc) is 2.59. The Morgan fingerprint density at radius 2 is 2.11 bits per heavy atom. The Bertz CT molecular complexity index is 575. The van der Waals surface area contributed by atoms with Crippen LogP contribution in [0.1, 0.15) is 11.3 Å². The number of halogens is 1. The van der Waals surface area contributed by atoms with E-state index in [0.717, 1.165) is 24.2 Å². The second-order valence-electron chi connectivity index (χ2n) is 4.48. The smallest absolute Gasteiger partial charge is 0.138 e. The molecule has 0 aliphatic carbocycles. The minimum Gasteiger partial charge on any atom is -0.495 e. The van der Waals surface area contributed by atoms with E-state index in [1.54, 1.807) is 7.11 Å². The molecule has 0 amide bonds. The van der Waals surface area contributed by atoms with Gasteiger partial charge in [0, 0.05) is 23.6 Å². The van der Waals surface area contributed by atoms with E-state index >= 15 is 0 Å². The largest absolute Gasteiger partial charge is 0.495 e. The number of hydrogen-bond acceptors (Lipinski definition) is 2. The Labute approximate surface area is 113 Å². The first-order valence-corrected chi connectivity index (χ1v) is 6.44. The predicted molar refractivity (Wildman–Crippen MR) is 76.8 cm³/mol. The fourth-order valence-electron chi connectivity index (χ4n) is 2.36. The molecule has 18 heavy (non-hydrogen) atoms. The van der Waals surface area contributed by atoms with Crippen molar-refractivity contribution in [3.05, 3.63) is 28.4 Å². The minimum atomic E-state index is 0.658. The molecular formula is C14H19ClN2O. The number of rotatable bonds is 4. The lowest BCUT2D eigenvalue weighted by atomic mass is 10.1. The highest BCUT2D eigenvalue weighted by Crippen LogP contribution is 2.34. The highest BCUT2D eigenvalue weighted by Gasteiger charge is 2.14. The van der Waals surface area contributed by atoms with Gasteiger partial charge in [-0.1, -0.05) is 11.6 Å². The van der Waals surface area contributed by atoms with E-state index in [2.05, 4.69) is 23.9 Å². The number of methoxy groups -OCH3 is 1. The third-order valence-electron chi connectivity index (χ3n) is 3.52. The lowest BCUT2D eigenvalue weighted by Crippen LogP contribution is -2.10. The zero-order valence-corrected chi connectivity index (χ0v) is 12.1. The van der Waals surface area contributed by atoms with Crippen molar-refractivity contribution >= 4 is 22.5 Å². The van der Waals surface area contributed by atoms with Gasteiger partial charge in [0.05, 0.1) is 12.1 Å². The fraction of sp³-hybridized carbons (Fsp3) is 0.429. The van der Waals surface area contributed by atoms with Crippen LogP contribution in [0, 0.1) is 6.92 Å². The predicted octanol–water partition coefficient (Wildman–Crippen LogP) is 2.91. The number of nitrogens with one attached hydrogen (secondary N) is 1. The van der Waals surface area contributed by atoms with Crippen LogP contribution in [-0.4, -0.2) is 25.3 Å². The van der Waals surface area contributed by atoms with Crippen molar-refractivity contribution in [2.45, 2.75) is 13.3 Å². The number of likely N-dealkylation sites (N-methyl/N-ethyl adjacent to an activating group) is 1. The molecular weight excluding hydrogens is 248 g/mol. The summed E-state index contributed by atoms with van der Waals surface area (Å²) in [6, 6.07) is 4.02. The first kappa shape index (κ1) is 13.2. The van der Waals surface area contributed by atoms with Gasteiger partial charge in [-0.25, -0.2) is 0 Å². The van der Waals surface area contributed by atoms with Crippen LogP contribution in [0.2, 0.25) is 5.02 Å². The van der Waals surface area contributed by atoms with Gasteiger partial charge in [-0.05, 0) is 44.6 Å². The van der Waals surface area contributed by atoms with Crippen LogP contribution < -0.4 is 10.1 Å². The normalized spacial score (nSPS) is 11.2. The van der Waals surface area contributed by atoms with Crippen molar-refractivity contribution in [2.24, 2.45) is 7.05 Å². The molecule has 0 atom stereocenters. The zero-order chi connectivity index (χ0) is 13.3. The first-order valence-electron chi connectivity index (χ1n) is 6.06. The second kappa shape index (κ2) is 5.21. The van der Waals surface area contributed by atoms with Gasteiger partial charge in [0.25, 0.3) is 0 Å². The number of ether oxygens (including phenoxy) is 1. The summed E-state index contributed by atoms with van der Waals surface area (Å²) >= 11 is 6.19. The van der Waals surface area contributed by atoms with E-state index in [0.29, 0.717) is 5.02 Å². The van der Waals surface area contributed by atoms with Gasteiger partial charge in [-0.15, -0.1) is 0 Å². The maximum Gasteiger partial charge on any atom is 0.138 e. The van der Waals surface area contributed by atoms with Gasteiger partial charge in [0.1, 0.15) is 5.75 Å². The SMILES string of the molecule is CNCCc1c(C)n(C)c2cc(Cl)c(OC)cc12. The van der Waals surface area contributed by atoms with E-state index < -0.39 is 0 Å². The van der Waals surface area contributed by atoms with Gasteiger partial charge in [0.15, 0.2) is 0 Å². The second-order valence-corrected chi connectivity index (χ2v) is 4.89. The molecule has 0 aliphatic rings. The van der Waals surface area contributed by atoms with Crippen molar-refractivity contribution in [2.75, 3.05) is 20.7 Å². The Morgan fingerprint density at radius 1 is 1.39 bits per heavy atom. The average molecular weight is 267 g/mol. The molecule has 0 bridgehead atoms. The molecule has 1 N–H and O–H groups in total. The van der Waals surface area contributed by atoms with E-state index in [4.69, 9.17) is 16.3 Å². The summed E-state index contributed by atoms with van der Waals surface area (Å²) in [7, 11) is 5.69. The summed E-state index contributed by atoms with van der Waals surface area (Å²) in [6.07, 6.45) is 1.00. The molecule has 98 valence electrons. The molecule has 0 unspecified atom stereocenters. The highest BCUT2D eigenvalue weighted by molar-refractivity contribution is 6.32. The molecule has 2 aromatic rings. The number of aryl methyl sites for hydroxylation is 1. The van der Waals surface area contributed by atoms with Gasteiger partial charge < -0.3 is 14.6 Å². The molecule has 0 fully saturated rings. The minimum absolute atomic E-state index is 0.658. The van der Waals surface area contributed by atoms with Crippen molar-refractivity contribution in [3.8, 4) is 5.75 Å². The molecule has 1 heterocycles. The topological polar surface area (TPSA) is 26.2 Å². The Balaban J connectivity index is 2.65. The van der Waals surface area contributed by atoms with Crippen molar-refractivity contribution in [3.63, 3.8) is 0 Å². The Morgan fingerprint density at radius 3 is 2.72 bits per heavy atom. The van der Waals surface area contributed by atoms with Gasteiger partial charge in [-0.3, -0.25) is 0 Å². The third-order valence-corrected chi connectivity index (χ3v) is 3.82. The number of hydrogen-bond donors (Lipinski definition) is 1. The molecule has 0 aliphatic heterocycles. The van der Waals surface area contributed by atoms with Crippen LogP contribution >= 0.6 is 11.6 Å². The fourth-order valence-corrected chi connectivity index (χ4v) is 2.60. The van der Waals surface area contributed by atoms with Gasteiger partial charge in [-0.2, -0.15) is 0 Å². The van der Waals surface area contributed by atoms with E-state index in [1.807, 2.05) is 19.2 Å². The monoisotopic (exact) mass is 266 g/mol. The summed E-state index contributed by atoms with van der Waals surface area (Å²) < 4.78 is 7.49. The van der Waals surface area contributed by atoms with Crippen molar-refractivity contribution in [1.82, 2.24) is 9.88 Å². The van der Waals surface area contributed by atoms with Crippen LogP contribution in [-0.2, 0) is 13.5 Å². The Kier molecular flexibility index (Phi) is 3.83. The highest BCUT2D eigenvalue weighted by atomic mass is 35.5. The van der Waals surface area contributed by atoms with E-state index in [9.17, 15) is 0 Å². The van der Waals surface area contributed by atoms with Crippen molar-refractivity contribution in [1.29, 1.82) is 0 Å². The standard InChI is InChI=1S/C14H19ClN2O/c1-9-10(5-6-16-2)11-7-14(18-4)12(15)8-13(11)17(9)3/h7-8,16H,5-6H2,1-4H3. The summed E-state index contributed by atoms with van der Waals surface area (Å²) in [5.74, 6) is 0.737. The molecule has 4 heteroatoms. The number of aromatic nitrogens is 1. The molecule has 0 saturated carbocycles. The number of fused-ring (bicyclic) bond motifs is 1. The molecule has 0 saturated heterocycles. The Hall–Kier alpha value is -1.19. The maximum absolute atomic E-state index is 6.19. The molecule has 1 aromatic carbocycles. The van der Waals surface area contributed by atoms with Gasteiger partial charge >= 0.3 is 0 Å². The van der Waals surface area contributed by atoms with Crippen LogP contribution in [0.4, 0.5) is 0 Å². The van der Waals surface area contributed by atoms with Gasteiger partial charge in [0.2, 0.25) is 0 Å². The summed E-state index contributed by atoms with van der Waals surface area (Å²) in [5, 5.41) is 5.08. The molecule has 2 rings (SSSR count). The zero-order valence-electron chi connectivity index (χ0n) is 11.3. The quantitative estimate of drug-likeness (QED) is 0.921. The van der Waals surface area contributed by atoms with E-state index in [-0.39, 0.29) is 0 Å². The maximum atomic E-state index is 6.19. The van der Waals surface area contributed by atoms with Crippen LogP contribution in [0.5, 0.6) is 5.75 Å². The molecule has 1 aromatic heterocycles. The lowest BCUT2D eigenvalue weighted by molar-refractivity contribution is 0.415. The van der Waals surface area contributed by atoms with Crippen molar-refractivity contribution < 1.29 is 4.74 Å². The summed E-state index contributed by atoms with van der Waals surface area (Å²) in [6.45, 7) is 3.11. The first-order chi connectivity index (χ1) is 8.60. The van der Waals surface area contributed by atoms with E-state index in [1.165, 1.54) is 16.6 Å². The van der Waals surface area contributed by atoms with Crippen LogP contribution in [0.3, 0.4) is 0 Å². The number of benzene rings is 1.